The lowest BCUT2D eigenvalue weighted by molar-refractivity contribution is -0.384. The maximum atomic E-state index is 11.0. The molecule has 0 bridgehead atoms. The van der Waals surface area contributed by atoms with Crippen LogP contribution in [-0.4, -0.2) is 4.92 Å². The van der Waals surface area contributed by atoms with Gasteiger partial charge in [-0.3, -0.25) is 10.1 Å². The minimum atomic E-state index is -0.532. The van der Waals surface area contributed by atoms with E-state index in [1.807, 2.05) is 23.6 Å². The minimum absolute atomic E-state index is 0.0659. The van der Waals surface area contributed by atoms with E-state index in [0.29, 0.717) is 12.2 Å². The Labute approximate surface area is 107 Å². The highest BCUT2D eigenvalue weighted by molar-refractivity contribution is 7.09. The van der Waals surface area contributed by atoms with Gasteiger partial charge >= 0.3 is 5.69 Å². The predicted octanol–water partition coefficient (Wildman–Crippen LogP) is 3.14. The summed E-state index contributed by atoms with van der Waals surface area (Å²) >= 11 is 1.57. The fourth-order valence-corrected chi connectivity index (χ4v) is 2.21. The molecule has 0 spiro atoms. The van der Waals surface area contributed by atoms with E-state index in [9.17, 15) is 10.1 Å². The summed E-state index contributed by atoms with van der Waals surface area (Å²) in [6.45, 7) is 0.507. The van der Waals surface area contributed by atoms with Crippen molar-refractivity contribution in [2.24, 2.45) is 0 Å². The summed E-state index contributed by atoms with van der Waals surface area (Å²) in [5, 5.41) is 24.8. The van der Waals surface area contributed by atoms with Crippen molar-refractivity contribution in [3.05, 3.63) is 56.3 Å². The molecule has 0 saturated carbocycles. The van der Waals surface area contributed by atoms with Gasteiger partial charge in [0.2, 0.25) is 0 Å². The van der Waals surface area contributed by atoms with Gasteiger partial charge in [-0.2, -0.15) is 5.26 Å². The Morgan fingerprint density at radius 1 is 1.39 bits per heavy atom. The third-order valence-corrected chi connectivity index (χ3v) is 3.25. The highest BCUT2D eigenvalue weighted by atomic mass is 32.1. The Bertz CT molecular complexity index is 602. The third kappa shape index (κ3) is 2.47. The number of nitro groups is 1. The molecule has 5 nitrogen and oxygen atoms in total. The first kappa shape index (κ1) is 12.1. The van der Waals surface area contributed by atoms with Gasteiger partial charge in [0.05, 0.1) is 4.92 Å². The lowest BCUT2D eigenvalue weighted by Crippen LogP contribution is -2.03. The van der Waals surface area contributed by atoms with E-state index in [2.05, 4.69) is 5.32 Å². The number of benzene rings is 1. The Hall–Kier alpha value is -2.39. The number of nitrogens with one attached hydrogen (secondary N) is 1. The van der Waals surface area contributed by atoms with Crippen molar-refractivity contribution in [3.63, 3.8) is 0 Å². The molecule has 2 aromatic rings. The number of nitrogens with zero attached hydrogens (tertiary/aromatic N) is 2. The van der Waals surface area contributed by atoms with E-state index in [4.69, 9.17) is 5.26 Å². The van der Waals surface area contributed by atoms with E-state index < -0.39 is 4.92 Å². The van der Waals surface area contributed by atoms with E-state index in [1.54, 1.807) is 23.5 Å². The van der Waals surface area contributed by atoms with E-state index in [-0.39, 0.29) is 11.3 Å². The molecule has 0 aliphatic carbocycles. The quantitative estimate of drug-likeness (QED) is 0.675. The van der Waals surface area contributed by atoms with Crippen LogP contribution in [0.1, 0.15) is 10.4 Å². The molecule has 0 amide bonds. The molecule has 0 aliphatic rings. The molecule has 0 saturated heterocycles. The standard InChI is InChI=1S/C12H9N3O2S/c13-7-9-3-1-5-11(12(9)15(16)17)14-8-10-4-2-6-18-10/h1-6,14H,8H2. The Morgan fingerprint density at radius 3 is 2.83 bits per heavy atom. The zero-order valence-corrected chi connectivity index (χ0v) is 10.1. The van der Waals surface area contributed by atoms with Gasteiger partial charge in [-0.05, 0) is 23.6 Å². The van der Waals surface area contributed by atoms with Gasteiger partial charge in [-0.25, -0.2) is 0 Å². The topological polar surface area (TPSA) is 79.0 Å². The van der Waals surface area contributed by atoms with Crippen LogP contribution in [0.4, 0.5) is 11.4 Å². The number of rotatable bonds is 4. The number of nitriles is 1. The van der Waals surface area contributed by atoms with Gasteiger partial charge in [0.1, 0.15) is 17.3 Å². The Kier molecular flexibility index (Phi) is 3.55. The number of anilines is 1. The molecular weight excluding hydrogens is 250 g/mol. The maximum absolute atomic E-state index is 11.0. The smallest absolute Gasteiger partial charge is 0.309 e. The number of para-hydroxylation sites is 1. The first-order valence-electron chi connectivity index (χ1n) is 5.16. The number of thiophene rings is 1. The second-order valence-electron chi connectivity index (χ2n) is 3.50. The van der Waals surface area contributed by atoms with Crippen LogP contribution >= 0.6 is 11.3 Å². The van der Waals surface area contributed by atoms with E-state index in [1.165, 1.54) is 6.07 Å². The summed E-state index contributed by atoms with van der Waals surface area (Å²) in [4.78, 5) is 11.5. The summed E-state index contributed by atoms with van der Waals surface area (Å²) in [5.41, 5.74) is 0.264. The molecule has 0 unspecified atom stereocenters. The normalized spacial score (nSPS) is 9.72. The maximum Gasteiger partial charge on any atom is 0.309 e. The first-order chi connectivity index (χ1) is 8.72. The van der Waals surface area contributed by atoms with Crippen LogP contribution in [0.3, 0.4) is 0 Å². The monoisotopic (exact) mass is 259 g/mol. The molecule has 1 N–H and O–H groups in total. The molecular formula is C12H9N3O2S. The fourth-order valence-electron chi connectivity index (χ4n) is 1.57. The summed E-state index contributed by atoms with van der Waals surface area (Å²) in [6, 6.07) is 10.4. The molecule has 1 heterocycles. The van der Waals surface area contributed by atoms with Crippen LogP contribution < -0.4 is 5.32 Å². The van der Waals surface area contributed by atoms with Crippen molar-refractivity contribution in [2.75, 3.05) is 5.32 Å². The van der Waals surface area contributed by atoms with Crippen LogP contribution in [0, 0.1) is 21.4 Å². The average Bonchev–Trinajstić information content (AvgIpc) is 2.88. The molecule has 0 fully saturated rings. The zero-order chi connectivity index (χ0) is 13.0. The highest BCUT2D eigenvalue weighted by Crippen LogP contribution is 2.28. The van der Waals surface area contributed by atoms with Crippen LogP contribution in [-0.2, 0) is 6.54 Å². The van der Waals surface area contributed by atoms with Crippen LogP contribution in [0.15, 0.2) is 35.7 Å². The Balaban J connectivity index is 2.27. The number of hydrogen-bond acceptors (Lipinski definition) is 5. The minimum Gasteiger partial charge on any atom is -0.375 e. The number of nitro benzene ring substituents is 1. The largest absolute Gasteiger partial charge is 0.375 e. The predicted molar refractivity (Wildman–Crippen MR) is 69.5 cm³/mol. The van der Waals surface area contributed by atoms with E-state index in [0.717, 1.165) is 4.88 Å². The van der Waals surface area contributed by atoms with Crippen molar-refractivity contribution in [1.29, 1.82) is 5.26 Å². The lowest BCUT2D eigenvalue weighted by Gasteiger charge is -2.06. The SMILES string of the molecule is N#Cc1cccc(NCc2cccs2)c1[N+](=O)[O-]. The van der Waals surface area contributed by atoms with Crippen molar-refractivity contribution >= 4 is 22.7 Å². The average molecular weight is 259 g/mol. The zero-order valence-electron chi connectivity index (χ0n) is 9.29. The Morgan fingerprint density at radius 2 is 2.22 bits per heavy atom. The van der Waals surface area contributed by atoms with Gasteiger partial charge in [-0.1, -0.05) is 12.1 Å². The summed E-state index contributed by atoms with van der Waals surface area (Å²) in [5.74, 6) is 0. The molecule has 6 heteroatoms. The summed E-state index contributed by atoms with van der Waals surface area (Å²) < 4.78 is 0. The molecule has 90 valence electrons. The van der Waals surface area contributed by atoms with Gasteiger partial charge in [0, 0.05) is 11.4 Å². The van der Waals surface area contributed by atoms with Gasteiger partial charge in [0.25, 0.3) is 0 Å². The molecule has 0 aliphatic heterocycles. The fraction of sp³-hybridized carbons (Fsp3) is 0.0833. The molecule has 1 aromatic heterocycles. The second kappa shape index (κ2) is 5.29. The van der Waals surface area contributed by atoms with Crippen molar-refractivity contribution in [1.82, 2.24) is 0 Å². The van der Waals surface area contributed by atoms with Crippen LogP contribution in [0.25, 0.3) is 0 Å². The summed E-state index contributed by atoms with van der Waals surface area (Å²) in [6.07, 6.45) is 0. The van der Waals surface area contributed by atoms with Gasteiger partial charge < -0.3 is 5.32 Å². The molecule has 1 aromatic carbocycles. The first-order valence-corrected chi connectivity index (χ1v) is 6.04. The van der Waals surface area contributed by atoms with Gasteiger partial charge in [0.15, 0.2) is 0 Å². The third-order valence-electron chi connectivity index (χ3n) is 2.37. The highest BCUT2D eigenvalue weighted by Gasteiger charge is 2.19. The number of hydrogen-bond donors (Lipinski definition) is 1. The summed E-state index contributed by atoms with van der Waals surface area (Å²) in [7, 11) is 0. The molecule has 0 radical (unpaired) electrons. The van der Waals surface area contributed by atoms with Crippen molar-refractivity contribution in [3.8, 4) is 6.07 Å². The molecule has 0 atom stereocenters. The molecule has 2 rings (SSSR count). The van der Waals surface area contributed by atoms with Crippen LogP contribution in [0.2, 0.25) is 0 Å². The van der Waals surface area contributed by atoms with Crippen molar-refractivity contribution in [2.45, 2.75) is 6.54 Å². The van der Waals surface area contributed by atoms with Crippen LogP contribution in [0.5, 0.6) is 0 Å². The van der Waals surface area contributed by atoms with Gasteiger partial charge in [-0.15, -0.1) is 11.3 Å². The van der Waals surface area contributed by atoms with Crippen molar-refractivity contribution < 1.29 is 4.92 Å². The van der Waals surface area contributed by atoms with E-state index >= 15 is 0 Å². The lowest BCUT2D eigenvalue weighted by atomic mass is 10.1. The molecule has 18 heavy (non-hydrogen) atoms. The second-order valence-corrected chi connectivity index (χ2v) is 4.54.